The van der Waals surface area contributed by atoms with Gasteiger partial charge in [-0.25, -0.2) is 4.98 Å². The second kappa shape index (κ2) is 6.42. The monoisotopic (exact) mass is 332 g/mol. The predicted octanol–water partition coefficient (Wildman–Crippen LogP) is 1.43. The van der Waals surface area contributed by atoms with Crippen molar-refractivity contribution >= 4 is 23.2 Å². The summed E-state index contributed by atoms with van der Waals surface area (Å²) < 4.78 is 0. The number of hydrogen-bond acceptors (Lipinski definition) is 4. The number of carbonyl (C=O) groups excluding carboxylic acids is 1. The van der Waals surface area contributed by atoms with E-state index in [-0.39, 0.29) is 17.5 Å². The minimum absolute atomic E-state index is 0.0705. The lowest BCUT2D eigenvalue weighted by Gasteiger charge is -2.11. The number of amides is 1. The van der Waals surface area contributed by atoms with Gasteiger partial charge in [0.05, 0.1) is 0 Å². The van der Waals surface area contributed by atoms with Gasteiger partial charge in [-0.2, -0.15) is 0 Å². The maximum atomic E-state index is 12.2. The third-order valence-electron chi connectivity index (χ3n) is 3.73. The van der Waals surface area contributed by atoms with Crippen LogP contribution in [-0.2, 0) is 17.6 Å². The molecule has 120 valence electrons. The summed E-state index contributed by atoms with van der Waals surface area (Å²) >= 11 is 5.96. The number of halogens is 1. The van der Waals surface area contributed by atoms with Crippen LogP contribution in [0.25, 0.3) is 0 Å². The molecular formula is C16H17ClN4O2. The number of fused-ring (bicyclic) bond motifs is 1. The predicted molar refractivity (Wildman–Crippen MR) is 88.9 cm³/mol. The lowest BCUT2D eigenvalue weighted by atomic mass is 10.1. The number of benzene rings is 1. The maximum Gasteiger partial charge on any atom is 0.251 e. The summed E-state index contributed by atoms with van der Waals surface area (Å²) in [6, 6.07) is 6.71. The number of H-pyrrole nitrogens is 1. The number of nitrogens with zero attached hydrogens (tertiary/aromatic N) is 1. The molecule has 6 nitrogen and oxygen atoms in total. The number of hydrogen-bond donors (Lipinski definition) is 3. The minimum Gasteiger partial charge on any atom is -0.373 e. The highest BCUT2D eigenvalue weighted by molar-refractivity contribution is 6.30. The largest absolute Gasteiger partial charge is 0.373 e. The molecule has 0 bridgehead atoms. The molecule has 0 fully saturated rings. The smallest absolute Gasteiger partial charge is 0.251 e. The van der Waals surface area contributed by atoms with Crippen molar-refractivity contribution in [1.82, 2.24) is 15.3 Å². The molecule has 1 atom stereocenters. The average Bonchev–Trinajstić information content (AvgIpc) is 2.89. The summed E-state index contributed by atoms with van der Waals surface area (Å²) in [4.78, 5) is 30.4. The normalized spacial score (nSPS) is 15.8. The molecule has 2 aromatic rings. The Hall–Kier alpha value is -2.34. The first kappa shape index (κ1) is 15.6. The molecule has 0 spiro atoms. The first-order valence-electron chi connectivity index (χ1n) is 7.41. The summed E-state index contributed by atoms with van der Waals surface area (Å²) in [5.41, 5.74) is 2.48. The number of rotatable bonds is 4. The zero-order chi connectivity index (χ0) is 16.4. The van der Waals surface area contributed by atoms with E-state index in [9.17, 15) is 9.59 Å². The van der Waals surface area contributed by atoms with E-state index in [4.69, 9.17) is 11.6 Å². The highest BCUT2D eigenvalue weighted by Crippen LogP contribution is 2.28. The Labute approximate surface area is 138 Å². The standard InChI is InChI=1S/C16H17ClN4O2/c1-9-19-12(8-15(22)20-9)4-5-18-16(23)14-7-10-6-11(17)2-3-13(10)21-14/h2-3,6,8,14,21H,4-5,7H2,1H3,(H,18,23)(H,19,20,22)/t14-/m0/s1. The Morgan fingerprint density at radius 2 is 2.26 bits per heavy atom. The Bertz CT molecular complexity index is 803. The first-order chi connectivity index (χ1) is 11.0. The van der Waals surface area contributed by atoms with Gasteiger partial charge < -0.3 is 15.6 Å². The van der Waals surface area contributed by atoms with Gasteiger partial charge in [0.25, 0.3) is 5.56 Å². The van der Waals surface area contributed by atoms with E-state index in [2.05, 4.69) is 20.6 Å². The average molecular weight is 333 g/mol. The fourth-order valence-electron chi connectivity index (χ4n) is 2.70. The molecule has 1 aliphatic rings. The number of aryl methyl sites for hydroxylation is 1. The van der Waals surface area contributed by atoms with Crippen molar-refractivity contribution in [3.05, 3.63) is 56.7 Å². The van der Waals surface area contributed by atoms with Crippen molar-refractivity contribution in [3.63, 3.8) is 0 Å². The van der Waals surface area contributed by atoms with Crippen molar-refractivity contribution in [2.75, 3.05) is 11.9 Å². The lowest BCUT2D eigenvalue weighted by Crippen LogP contribution is -2.39. The molecule has 0 saturated heterocycles. The molecule has 1 amide bonds. The van der Waals surface area contributed by atoms with Gasteiger partial charge >= 0.3 is 0 Å². The number of nitrogens with one attached hydrogen (secondary N) is 3. The minimum atomic E-state index is -0.294. The Morgan fingerprint density at radius 1 is 1.43 bits per heavy atom. The van der Waals surface area contributed by atoms with Crippen LogP contribution >= 0.6 is 11.6 Å². The van der Waals surface area contributed by atoms with Crippen LogP contribution in [0.2, 0.25) is 5.02 Å². The van der Waals surface area contributed by atoms with Gasteiger partial charge in [0.1, 0.15) is 11.9 Å². The molecule has 7 heteroatoms. The molecule has 3 N–H and O–H groups in total. The lowest BCUT2D eigenvalue weighted by molar-refractivity contribution is -0.121. The molecule has 1 aromatic heterocycles. The van der Waals surface area contributed by atoms with Gasteiger partial charge in [-0.05, 0) is 30.7 Å². The third-order valence-corrected chi connectivity index (χ3v) is 3.97. The first-order valence-corrected chi connectivity index (χ1v) is 7.78. The van der Waals surface area contributed by atoms with E-state index in [1.165, 1.54) is 6.07 Å². The van der Waals surface area contributed by atoms with Gasteiger partial charge in [0.15, 0.2) is 0 Å². The van der Waals surface area contributed by atoms with Gasteiger partial charge in [-0.15, -0.1) is 0 Å². The van der Waals surface area contributed by atoms with E-state index in [1.807, 2.05) is 12.1 Å². The van der Waals surface area contributed by atoms with Gasteiger partial charge in [0, 0.05) is 41.9 Å². The maximum absolute atomic E-state index is 12.2. The van der Waals surface area contributed by atoms with Crippen LogP contribution < -0.4 is 16.2 Å². The van der Waals surface area contributed by atoms with E-state index in [0.29, 0.717) is 35.9 Å². The summed E-state index contributed by atoms with van der Waals surface area (Å²) in [7, 11) is 0. The fourth-order valence-corrected chi connectivity index (χ4v) is 2.89. The van der Waals surface area contributed by atoms with Crippen LogP contribution in [0, 0.1) is 6.92 Å². The topological polar surface area (TPSA) is 86.9 Å². The van der Waals surface area contributed by atoms with Crippen LogP contribution in [0.1, 0.15) is 17.1 Å². The van der Waals surface area contributed by atoms with Crippen LogP contribution in [0.15, 0.2) is 29.1 Å². The third kappa shape index (κ3) is 3.71. The quantitative estimate of drug-likeness (QED) is 0.790. The fraction of sp³-hybridized carbons (Fsp3) is 0.312. The zero-order valence-electron chi connectivity index (χ0n) is 12.6. The number of anilines is 1. The van der Waals surface area contributed by atoms with Gasteiger partial charge in [-0.3, -0.25) is 9.59 Å². The molecule has 1 aromatic carbocycles. The molecule has 0 saturated carbocycles. The Balaban J connectivity index is 1.54. The summed E-state index contributed by atoms with van der Waals surface area (Å²) in [5.74, 6) is 0.502. The van der Waals surface area contributed by atoms with Crippen molar-refractivity contribution in [2.24, 2.45) is 0 Å². The molecule has 0 aliphatic carbocycles. The van der Waals surface area contributed by atoms with Crippen molar-refractivity contribution in [2.45, 2.75) is 25.8 Å². The molecule has 0 unspecified atom stereocenters. The van der Waals surface area contributed by atoms with Crippen molar-refractivity contribution in [1.29, 1.82) is 0 Å². The number of aromatic amines is 1. The van der Waals surface area contributed by atoms with E-state index < -0.39 is 0 Å². The van der Waals surface area contributed by atoms with Crippen LogP contribution in [0.5, 0.6) is 0 Å². The molecular weight excluding hydrogens is 316 g/mol. The second-order valence-electron chi connectivity index (χ2n) is 5.57. The van der Waals surface area contributed by atoms with E-state index in [0.717, 1.165) is 11.3 Å². The Kier molecular flexibility index (Phi) is 4.34. The van der Waals surface area contributed by atoms with Gasteiger partial charge in [-0.1, -0.05) is 11.6 Å². The second-order valence-corrected chi connectivity index (χ2v) is 6.00. The number of aromatic nitrogens is 2. The zero-order valence-corrected chi connectivity index (χ0v) is 13.4. The molecule has 23 heavy (non-hydrogen) atoms. The SMILES string of the molecule is Cc1nc(CCNC(=O)[C@@H]2Cc3cc(Cl)ccc3N2)cc(=O)[nH]1. The molecule has 0 radical (unpaired) electrons. The van der Waals surface area contributed by atoms with Crippen LogP contribution in [-0.4, -0.2) is 28.5 Å². The van der Waals surface area contributed by atoms with E-state index in [1.54, 1.807) is 13.0 Å². The Morgan fingerprint density at radius 3 is 3.04 bits per heavy atom. The summed E-state index contributed by atoms with van der Waals surface area (Å²) in [6.45, 7) is 2.16. The molecule has 1 aliphatic heterocycles. The highest BCUT2D eigenvalue weighted by Gasteiger charge is 2.26. The van der Waals surface area contributed by atoms with E-state index >= 15 is 0 Å². The molecule has 3 rings (SSSR count). The van der Waals surface area contributed by atoms with Crippen molar-refractivity contribution in [3.8, 4) is 0 Å². The van der Waals surface area contributed by atoms with Crippen LogP contribution in [0.4, 0.5) is 5.69 Å². The van der Waals surface area contributed by atoms with Gasteiger partial charge in [0.2, 0.25) is 5.91 Å². The number of carbonyl (C=O) groups is 1. The summed E-state index contributed by atoms with van der Waals surface area (Å²) in [5, 5.41) is 6.73. The molecule has 2 heterocycles. The van der Waals surface area contributed by atoms with Crippen LogP contribution in [0.3, 0.4) is 0 Å². The highest BCUT2D eigenvalue weighted by atomic mass is 35.5. The summed E-state index contributed by atoms with van der Waals surface area (Å²) in [6.07, 6.45) is 1.13. The van der Waals surface area contributed by atoms with Crippen molar-refractivity contribution < 1.29 is 4.79 Å².